The van der Waals surface area contributed by atoms with E-state index in [4.69, 9.17) is 0 Å². The zero-order valence-corrected chi connectivity index (χ0v) is 10.5. The Hall–Kier alpha value is -1.81. The molecule has 1 unspecified atom stereocenters. The molecular weight excluding hydrogens is 253 g/mol. The maximum atomic E-state index is 13.8. The van der Waals surface area contributed by atoms with Crippen LogP contribution in [-0.2, 0) is 5.60 Å². The van der Waals surface area contributed by atoms with Gasteiger partial charge < -0.3 is 5.11 Å². The predicted molar refractivity (Wildman–Crippen MR) is 66.2 cm³/mol. The SMILES string of the molecule is Cc1ccc(F)c(C(C)(O)c2cccc(F)c2F)c1. The van der Waals surface area contributed by atoms with Crippen LogP contribution in [0.3, 0.4) is 0 Å². The van der Waals surface area contributed by atoms with Crippen molar-refractivity contribution in [2.75, 3.05) is 0 Å². The van der Waals surface area contributed by atoms with E-state index < -0.39 is 23.1 Å². The summed E-state index contributed by atoms with van der Waals surface area (Å²) in [5, 5.41) is 10.4. The zero-order valence-electron chi connectivity index (χ0n) is 10.5. The number of halogens is 3. The number of benzene rings is 2. The van der Waals surface area contributed by atoms with Gasteiger partial charge in [-0.3, -0.25) is 0 Å². The van der Waals surface area contributed by atoms with Gasteiger partial charge in [-0.15, -0.1) is 0 Å². The van der Waals surface area contributed by atoms with Crippen LogP contribution in [0.4, 0.5) is 13.2 Å². The Bertz CT molecular complexity index is 617. The van der Waals surface area contributed by atoms with Crippen LogP contribution in [-0.4, -0.2) is 5.11 Å². The molecule has 0 aliphatic rings. The Balaban J connectivity index is 2.65. The molecule has 0 heterocycles. The lowest BCUT2D eigenvalue weighted by Crippen LogP contribution is -2.26. The van der Waals surface area contributed by atoms with Gasteiger partial charge in [0.2, 0.25) is 0 Å². The molecule has 0 aliphatic carbocycles. The normalized spacial score (nSPS) is 14.2. The fourth-order valence-corrected chi connectivity index (χ4v) is 2.04. The summed E-state index contributed by atoms with van der Waals surface area (Å²) < 4.78 is 40.8. The van der Waals surface area contributed by atoms with Crippen molar-refractivity contribution in [1.82, 2.24) is 0 Å². The maximum Gasteiger partial charge on any atom is 0.165 e. The molecular formula is C15H13F3O. The van der Waals surface area contributed by atoms with Gasteiger partial charge in [-0.05, 0) is 32.0 Å². The van der Waals surface area contributed by atoms with Gasteiger partial charge in [0.1, 0.15) is 11.4 Å². The zero-order chi connectivity index (χ0) is 14.2. The molecule has 1 atom stereocenters. The largest absolute Gasteiger partial charge is 0.380 e. The molecule has 0 amide bonds. The van der Waals surface area contributed by atoms with Crippen LogP contribution >= 0.6 is 0 Å². The summed E-state index contributed by atoms with van der Waals surface area (Å²) in [5.74, 6) is -2.92. The Kier molecular flexibility index (Phi) is 3.37. The highest BCUT2D eigenvalue weighted by Crippen LogP contribution is 2.33. The van der Waals surface area contributed by atoms with Gasteiger partial charge in [-0.1, -0.05) is 23.8 Å². The van der Waals surface area contributed by atoms with Crippen LogP contribution in [0.1, 0.15) is 23.6 Å². The van der Waals surface area contributed by atoms with Crippen LogP contribution in [0.25, 0.3) is 0 Å². The topological polar surface area (TPSA) is 20.2 Å². The van der Waals surface area contributed by atoms with E-state index in [0.717, 1.165) is 6.07 Å². The molecule has 0 bridgehead atoms. The van der Waals surface area contributed by atoms with E-state index >= 15 is 0 Å². The molecule has 0 spiro atoms. The van der Waals surface area contributed by atoms with Gasteiger partial charge >= 0.3 is 0 Å². The number of hydrogen-bond donors (Lipinski definition) is 1. The monoisotopic (exact) mass is 266 g/mol. The fraction of sp³-hybridized carbons (Fsp3) is 0.200. The Morgan fingerprint density at radius 1 is 0.947 bits per heavy atom. The lowest BCUT2D eigenvalue weighted by molar-refractivity contribution is 0.0928. The van der Waals surface area contributed by atoms with Crippen molar-refractivity contribution in [3.05, 3.63) is 70.5 Å². The third kappa shape index (κ3) is 2.36. The highest BCUT2D eigenvalue weighted by atomic mass is 19.2. The molecule has 2 aromatic carbocycles. The summed E-state index contributed by atoms with van der Waals surface area (Å²) in [5.41, 5.74) is -1.61. The minimum absolute atomic E-state index is 0.0861. The van der Waals surface area contributed by atoms with E-state index in [-0.39, 0.29) is 11.1 Å². The molecule has 4 heteroatoms. The first-order valence-corrected chi connectivity index (χ1v) is 5.77. The number of aliphatic hydroxyl groups is 1. The third-order valence-electron chi connectivity index (χ3n) is 3.12. The van der Waals surface area contributed by atoms with Crippen molar-refractivity contribution in [2.24, 2.45) is 0 Å². The smallest absolute Gasteiger partial charge is 0.165 e. The highest BCUT2D eigenvalue weighted by molar-refractivity contribution is 5.38. The second-order valence-corrected chi connectivity index (χ2v) is 4.66. The van der Waals surface area contributed by atoms with Gasteiger partial charge in [0, 0.05) is 11.1 Å². The van der Waals surface area contributed by atoms with E-state index in [1.54, 1.807) is 6.92 Å². The van der Waals surface area contributed by atoms with Gasteiger partial charge in [0.15, 0.2) is 11.6 Å². The second kappa shape index (κ2) is 4.70. The Morgan fingerprint density at radius 3 is 2.32 bits per heavy atom. The third-order valence-corrected chi connectivity index (χ3v) is 3.12. The summed E-state index contributed by atoms with van der Waals surface area (Å²) in [6, 6.07) is 7.60. The van der Waals surface area contributed by atoms with Gasteiger partial charge in [0.05, 0.1) is 0 Å². The minimum atomic E-state index is -1.94. The van der Waals surface area contributed by atoms with Crippen LogP contribution in [0.2, 0.25) is 0 Å². The van der Waals surface area contributed by atoms with Crippen LogP contribution in [0, 0.1) is 24.4 Å². The van der Waals surface area contributed by atoms with Gasteiger partial charge in [-0.25, -0.2) is 13.2 Å². The average molecular weight is 266 g/mol. The first-order valence-electron chi connectivity index (χ1n) is 5.77. The molecule has 0 radical (unpaired) electrons. The summed E-state index contributed by atoms with van der Waals surface area (Å²) in [6.07, 6.45) is 0. The van der Waals surface area contributed by atoms with Gasteiger partial charge in [0.25, 0.3) is 0 Å². The standard InChI is InChI=1S/C15H13F3O/c1-9-6-7-12(16)11(8-9)15(2,19)10-4-3-5-13(17)14(10)18/h3-8,19H,1-2H3. The number of rotatable bonds is 2. The average Bonchev–Trinajstić information content (AvgIpc) is 2.35. The summed E-state index contributed by atoms with van der Waals surface area (Å²) in [4.78, 5) is 0. The summed E-state index contributed by atoms with van der Waals surface area (Å²) in [7, 11) is 0. The Morgan fingerprint density at radius 2 is 1.63 bits per heavy atom. The molecule has 2 rings (SSSR count). The molecule has 0 aromatic heterocycles. The first kappa shape index (κ1) is 13.6. The lowest BCUT2D eigenvalue weighted by atomic mass is 9.86. The quantitative estimate of drug-likeness (QED) is 0.879. The van der Waals surface area contributed by atoms with Crippen molar-refractivity contribution >= 4 is 0 Å². The molecule has 0 fully saturated rings. The van der Waals surface area contributed by atoms with E-state index in [9.17, 15) is 18.3 Å². The summed E-state index contributed by atoms with van der Waals surface area (Å²) in [6.45, 7) is 2.96. The predicted octanol–water partition coefficient (Wildman–Crippen LogP) is 3.67. The van der Waals surface area contributed by atoms with Crippen LogP contribution < -0.4 is 0 Å². The second-order valence-electron chi connectivity index (χ2n) is 4.66. The summed E-state index contributed by atoms with van der Waals surface area (Å²) >= 11 is 0. The molecule has 1 N–H and O–H groups in total. The molecule has 0 aliphatic heterocycles. The number of aryl methyl sites for hydroxylation is 1. The first-order chi connectivity index (χ1) is 8.84. The van der Waals surface area contributed by atoms with Crippen molar-refractivity contribution in [1.29, 1.82) is 0 Å². The molecule has 1 nitrogen and oxygen atoms in total. The molecule has 2 aromatic rings. The van der Waals surface area contributed by atoms with E-state index in [1.165, 1.54) is 37.3 Å². The molecule has 0 saturated heterocycles. The molecule has 0 saturated carbocycles. The van der Waals surface area contributed by atoms with Crippen molar-refractivity contribution in [2.45, 2.75) is 19.4 Å². The molecule has 19 heavy (non-hydrogen) atoms. The van der Waals surface area contributed by atoms with E-state index in [0.29, 0.717) is 5.56 Å². The van der Waals surface area contributed by atoms with Gasteiger partial charge in [-0.2, -0.15) is 0 Å². The van der Waals surface area contributed by atoms with E-state index in [2.05, 4.69) is 0 Å². The minimum Gasteiger partial charge on any atom is -0.380 e. The van der Waals surface area contributed by atoms with Crippen molar-refractivity contribution in [3.63, 3.8) is 0 Å². The van der Waals surface area contributed by atoms with Crippen LogP contribution in [0.15, 0.2) is 36.4 Å². The fourth-order valence-electron chi connectivity index (χ4n) is 2.04. The Labute approximate surface area is 109 Å². The molecule has 100 valence electrons. The van der Waals surface area contributed by atoms with Crippen LogP contribution in [0.5, 0.6) is 0 Å². The maximum absolute atomic E-state index is 13.8. The van der Waals surface area contributed by atoms with E-state index in [1.807, 2.05) is 0 Å². The lowest BCUT2D eigenvalue weighted by Gasteiger charge is -2.26. The number of hydrogen-bond acceptors (Lipinski definition) is 1. The highest BCUT2D eigenvalue weighted by Gasteiger charge is 2.32. The van der Waals surface area contributed by atoms with Crippen molar-refractivity contribution in [3.8, 4) is 0 Å². The van der Waals surface area contributed by atoms with Crippen molar-refractivity contribution < 1.29 is 18.3 Å².